The zero-order valence-electron chi connectivity index (χ0n) is 15.9. The predicted octanol–water partition coefficient (Wildman–Crippen LogP) is 4.57. The molecule has 148 valence electrons. The number of fused-ring (bicyclic) bond motifs is 1. The molecule has 0 N–H and O–H groups in total. The van der Waals surface area contributed by atoms with Crippen LogP contribution in [0.1, 0.15) is 20.9 Å². The average molecular weight is 415 g/mol. The van der Waals surface area contributed by atoms with E-state index in [1.165, 1.54) is 11.3 Å². The van der Waals surface area contributed by atoms with Crippen molar-refractivity contribution in [3.05, 3.63) is 94.2 Å². The summed E-state index contributed by atoms with van der Waals surface area (Å²) in [6.45, 7) is 0.591. The normalized spacial score (nSPS) is 14.4. The third kappa shape index (κ3) is 3.75. The van der Waals surface area contributed by atoms with Crippen LogP contribution in [0.5, 0.6) is 11.5 Å². The molecule has 1 aliphatic rings. The van der Waals surface area contributed by atoms with Crippen molar-refractivity contribution in [1.29, 1.82) is 0 Å². The number of hydrogen-bond donors (Lipinski definition) is 0. The van der Waals surface area contributed by atoms with Gasteiger partial charge in [0.25, 0.3) is 0 Å². The fourth-order valence-corrected chi connectivity index (χ4v) is 3.77. The highest BCUT2D eigenvalue weighted by Crippen LogP contribution is 2.32. The van der Waals surface area contributed by atoms with Gasteiger partial charge in [0, 0.05) is 35.0 Å². The number of carbonyl (C=O) groups is 1. The number of benzene rings is 2. The van der Waals surface area contributed by atoms with E-state index in [4.69, 9.17) is 9.47 Å². The lowest BCUT2D eigenvalue weighted by Crippen LogP contribution is -2.19. The number of ketones is 1. The molecule has 2 aromatic heterocycles. The molecule has 0 saturated carbocycles. The van der Waals surface area contributed by atoms with E-state index >= 15 is 0 Å². The van der Waals surface area contributed by atoms with E-state index in [0.29, 0.717) is 29.2 Å². The van der Waals surface area contributed by atoms with E-state index in [1.54, 1.807) is 36.7 Å². The van der Waals surface area contributed by atoms with Gasteiger partial charge in [0.15, 0.2) is 5.78 Å². The molecule has 30 heavy (non-hydrogen) atoms. The van der Waals surface area contributed by atoms with Crippen LogP contribution >= 0.6 is 11.3 Å². The Labute approximate surface area is 177 Å². The molecule has 6 nitrogen and oxygen atoms in total. The number of carbonyl (C=O) groups excluding carboxylic acids is 1. The van der Waals surface area contributed by atoms with E-state index in [1.807, 2.05) is 46.6 Å². The summed E-state index contributed by atoms with van der Waals surface area (Å²) >= 11 is 1.48. The molecule has 2 aromatic carbocycles. The van der Waals surface area contributed by atoms with Crippen molar-refractivity contribution in [1.82, 2.24) is 14.8 Å². The molecular weight excluding hydrogens is 398 g/mol. The highest BCUT2D eigenvalue weighted by atomic mass is 32.1. The Hall–Kier alpha value is -3.71. The van der Waals surface area contributed by atoms with E-state index in [0.717, 1.165) is 16.3 Å². The third-order valence-corrected chi connectivity index (χ3v) is 5.41. The van der Waals surface area contributed by atoms with Crippen molar-refractivity contribution < 1.29 is 14.3 Å². The average Bonchev–Trinajstić information content (AvgIpc) is 3.47. The maximum Gasteiger partial charge on any atom is 0.196 e. The van der Waals surface area contributed by atoms with Crippen molar-refractivity contribution in [3.63, 3.8) is 0 Å². The minimum atomic E-state index is -0.0397. The van der Waals surface area contributed by atoms with E-state index in [-0.39, 0.29) is 12.4 Å². The molecule has 5 rings (SSSR count). The standard InChI is InChI=1S/C23H17N3O3S/c27-23-17(10-22-24-8-9-30-22)15-29-21-11-19(6-7-20(21)23)28-14-16-12-25-26(13-16)18-4-2-1-3-5-18/h1-13H,14-15H2. The SMILES string of the molecule is O=C1C(=Cc2nccs2)COc2cc(OCc3cnn(-c4ccccc4)c3)ccc21. The van der Waals surface area contributed by atoms with Gasteiger partial charge in [-0.3, -0.25) is 4.79 Å². The lowest BCUT2D eigenvalue weighted by molar-refractivity contribution is 0.100. The highest BCUT2D eigenvalue weighted by molar-refractivity contribution is 7.10. The molecule has 0 unspecified atom stereocenters. The number of rotatable bonds is 5. The van der Waals surface area contributed by atoms with Gasteiger partial charge in [-0.1, -0.05) is 18.2 Å². The van der Waals surface area contributed by atoms with Crippen LogP contribution in [-0.4, -0.2) is 27.2 Å². The zero-order chi connectivity index (χ0) is 20.3. The summed E-state index contributed by atoms with van der Waals surface area (Å²) in [6.07, 6.45) is 7.21. The monoisotopic (exact) mass is 415 g/mol. The Morgan fingerprint density at radius 1 is 1.20 bits per heavy atom. The third-order valence-electron chi connectivity index (χ3n) is 4.68. The van der Waals surface area contributed by atoms with Crippen molar-refractivity contribution in [2.75, 3.05) is 6.61 Å². The van der Waals surface area contributed by atoms with Gasteiger partial charge in [0.2, 0.25) is 0 Å². The Balaban J connectivity index is 1.28. The van der Waals surface area contributed by atoms with Gasteiger partial charge in [-0.25, -0.2) is 9.67 Å². The number of ether oxygens (including phenoxy) is 2. The van der Waals surface area contributed by atoms with Crippen LogP contribution in [0, 0.1) is 0 Å². The minimum Gasteiger partial charge on any atom is -0.489 e. The van der Waals surface area contributed by atoms with Crippen LogP contribution < -0.4 is 9.47 Å². The second kappa shape index (κ2) is 7.96. The number of hydrogen-bond acceptors (Lipinski definition) is 6. The maximum absolute atomic E-state index is 12.7. The number of thiazole rings is 1. The molecule has 4 aromatic rings. The van der Waals surface area contributed by atoms with Gasteiger partial charge in [-0.15, -0.1) is 11.3 Å². The van der Waals surface area contributed by atoms with Crippen molar-refractivity contribution in [3.8, 4) is 17.2 Å². The summed E-state index contributed by atoms with van der Waals surface area (Å²) in [5.41, 5.74) is 3.07. The molecule has 0 bridgehead atoms. The van der Waals surface area contributed by atoms with E-state index < -0.39 is 0 Å². The number of nitrogens with zero attached hydrogens (tertiary/aromatic N) is 3. The van der Waals surface area contributed by atoms with Gasteiger partial charge in [0.1, 0.15) is 29.7 Å². The lowest BCUT2D eigenvalue weighted by Gasteiger charge is -2.19. The first-order valence-corrected chi connectivity index (χ1v) is 10.3. The largest absolute Gasteiger partial charge is 0.489 e. The molecule has 0 saturated heterocycles. The van der Waals surface area contributed by atoms with Crippen LogP contribution in [0.3, 0.4) is 0 Å². The fraction of sp³-hybridized carbons (Fsp3) is 0.0870. The van der Waals surface area contributed by atoms with Crippen LogP contribution in [0.2, 0.25) is 0 Å². The van der Waals surface area contributed by atoms with Gasteiger partial charge in [-0.2, -0.15) is 5.10 Å². The predicted molar refractivity (Wildman–Crippen MR) is 114 cm³/mol. The summed E-state index contributed by atoms with van der Waals surface area (Å²) in [7, 11) is 0. The van der Waals surface area contributed by atoms with Crippen LogP contribution in [-0.2, 0) is 6.61 Å². The molecule has 1 aliphatic heterocycles. The van der Waals surface area contributed by atoms with Crippen LogP contribution in [0.4, 0.5) is 0 Å². The minimum absolute atomic E-state index is 0.0397. The maximum atomic E-state index is 12.7. The first-order valence-electron chi connectivity index (χ1n) is 9.40. The number of Topliss-reactive ketones (excluding diaryl/α,β-unsaturated/α-hetero) is 1. The Morgan fingerprint density at radius 3 is 2.93 bits per heavy atom. The van der Waals surface area contributed by atoms with Gasteiger partial charge >= 0.3 is 0 Å². The first-order chi connectivity index (χ1) is 14.8. The van der Waals surface area contributed by atoms with Crippen molar-refractivity contribution >= 4 is 23.2 Å². The summed E-state index contributed by atoms with van der Waals surface area (Å²) < 4.78 is 13.5. The molecule has 0 atom stereocenters. The molecule has 0 radical (unpaired) electrons. The Kier molecular flexibility index (Phi) is 4.86. The highest BCUT2D eigenvalue weighted by Gasteiger charge is 2.24. The second-order valence-electron chi connectivity index (χ2n) is 6.73. The fourth-order valence-electron chi connectivity index (χ4n) is 3.18. The van der Waals surface area contributed by atoms with Crippen molar-refractivity contribution in [2.45, 2.75) is 6.61 Å². The Morgan fingerprint density at radius 2 is 2.10 bits per heavy atom. The van der Waals surface area contributed by atoms with Gasteiger partial charge < -0.3 is 9.47 Å². The second-order valence-corrected chi connectivity index (χ2v) is 7.66. The quantitative estimate of drug-likeness (QED) is 0.447. The molecule has 0 amide bonds. The summed E-state index contributed by atoms with van der Waals surface area (Å²) in [5, 5.41) is 7.04. The molecule has 0 aliphatic carbocycles. The van der Waals surface area contributed by atoms with Gasteiger partial charge in [-0.05, 0) is 30.3 Å². The lowest BCUT2D eigenvalue weighted by atomic mass is 10.00. The molecule has 0 fully saturated rings. The van der Waals surface area contributed by atoms with Gasteiger partial charge in [0.05, 0.1) is 17.4 Å². The first kappa shape index (κ1) is 18.3. The van der Waals surface area contributed by atoms with Crippen molar-refractivity contribution in [2.24, 2.45) is 0 Å². The Bertz CT molecular complexity index is 1210. The van der Waals surface area contributed by atoms with E-state index in [9.17, 15) is 4.79 Å². The molecule has 7 heteroatoms. The molecular formula is C23H17N3O3S. The van der Waals surface area contributed by atoms with Crippen LogP contribution in [0.15, 0.2) is 78.1 Å². The van der Waals surface area contributed by atoms with E-state index in [2.05, 4.69) is 10.1 Å². The zero-order valence-corrected chi connectivity index (χ0v) is 16.7. The van der Waals surface area contributed by atoms with Crippen LogP contribution in [0.25, 0.3) is 11.8 Å². The molecule has 3 heterocycles. The summed E-state index contributed by atoms with van der Waals surface area (Å²) in [5.74, 6) is 1.14. The number of aromatic nitrogens is 3. The topological polar surface area (TPSA) is 66.2 Å². The number of para-hydroxylation sites is 1. The smallest absolute Gasteiger partial charge is 0.196 e. The summed E-state index contributed by atoms with van der Waals surface area (Å²) in [6, 6.07) is 15.2. The summed E-state index contributed by atoms with van der Waals surface area (Å²) in [4.78, 5) is 16.9. The molecule has 0 spiro atoms.